The fraction of sp³-hybridized carbons (Fsp3) is 0.294. The van der Waals surface area contributed by atoms with Crippen LogP contribution in [0.1, 0.15) is 35.4 Å². The maximum Gasteiger partial charge on any atom is 0.305 e. The van der Waals surface area contributed by atoms with E-state index in [2.05, 4.69) is 4.74 Å². The summed E-state index contributed by atoms with van der Waals surface area (Å²) in [7, 11) is 1.38. The lowest BCUT2D eigenvalue weighted by molar-refractivity contribution is -0.140. The van der Waals surface area contributed by atoms with Crippen molar-refractivity contribution >= 4 is 23.1 Å². The van der Waals surface area contributed by atoms with Gasteiger partial charge in [0.05, 0.1) is 12.0 Å². The molecular formula is C17H18O3S. The van der Waals surface area contributed by atoms with Crippen LogP contribution in [0.4, 0.5) is 0 Å². The topological polar surface area (TPSA) is 43.4 Å². The molecule has 0 fully saturated rings. The first-order valence-electron chi connectivity index (χ1n) is 6.96. The number of unbranched alkanes of at least 4 members (excludes halogenated alkanes) is 1. The van der Waals surface area contributed by atoms with Crippen molar-refractivity contribution in [1.29, 1.82) is 0 Å². The first-order chi connectivity index (χ1) is 10.2. The zero-order valence-electron chi connectivity index (χ0n) is 12.0. The summed E-state index contributed by atoms with van der Waals surface area (Å²) in [6, 6.07) is 13.9. The number of hydrogen-bond acceptors (Lipinski definition) is 4. The smallest absolute Gasteiger partial charge is 0.305 e. The number of benzene rings is 1. The molecule has 0 saturated carbocycles. The normalized spacial score (nSPS) is 10.3. The van der Waals surface area contributed by atoms with Gasteiger partial charge in [0.25, 0.3) is 0 Å². The lowest BCUT2D eigenvalue weighted by Crippen LogP contribution is -2.01. The van der Waals surface area contributed by atoms with E-state index in [9.17, 15) is 9.59 Å². The third kappa shape index (κ3) is 4.53. The van der Waals surface area contributed by atoms with E-state index in [0.29, 0.717) is 25.7 Å². The van der Waals surface area contributed by atoms with E-state index in [0.717, 1.165) is 15.3 Å². The minimum Gasteiger partial charge on any atom is -0.469 e. The van der Waals surface area contributed by atoms with Gasteiger partial charge in [0.1, 0.15) is 0 Å². The molecule has 1 heterocycles. The average Bonchev–Trinajstić information content (AvgIpc) is 3.02. The summed E-state index contributed by atoms with van der Waals surface area (Å²) in [6.45, 7) is 0. The lowest BCUT2D eigenvalue weighted by atomic mass is 10.1. The highest BCUT2D eigenvalue weighted by Gasteiger charge is 2.10. The van der Waals surface area contributed by atoms with Crippen LogP contribution in [0.5, 0.6) is 0 Å². The van der Waals surface area contributed by atoms with Crippen LogP contribution in [0.2, 0.25) is 0 Å². The lowest BCUT2D eigenvalue weighted by Gasteiger charge is -1.99. The molecule has 0 atom stereocenters. The van der Waals surface area contributed by atoms with Crippen molar-refractivity contribution < 1.29 is 14.3 Å². The summed E-state index contributed by atoms with van der Waals surface area (Å²) in [5, 5.41) is 0. The molecule has 3 nitrogen and oxygen atoms in total. The van der Waals surface area contributed by atoms with Crippen LogP contribution in [0.15, 0.2) is 42.5 Å². The van der Waals surface area contributed by atoms with E-state index in [1.165, 1.54) is 18.4 Å². The van der Waals surface area contributed by atoms with Crippen LogP contribution >= 0.6 is 11.3 Å². The third-order valence-electron chi connectivity index (χ3n) is 3.20. The average molecular weight is 302 g/mol. The number of hydrogen-bond donors (Lipinski definition) is 0. The molecule has 2 aromatic rings. The Bertz CT molecular complexity index is 602. The van der Waals surface area contributed by atoms with E-state index in [1.807, 2.05) is 42.5 Å². The summed E-state index contributed by atoms with van der Waals surface area (Å²) < 4.78 is 4.57. The molecule has 0 aliphatic rings. The van der Waals surface area contributed by atoms with Gasteiger partial charge in [-0.25, -0.2) is 0 Å². The number of carbonyl (C=O) groups is 2. The second-order valence-corrected chi connectivity index (χ2v) is 5.82. The Morgan fingerprint density at radius 1 is 1.00 bits per heavy atom. The molecule has 0 aliphatic heterocycles. The van der Waals surface area contributed by atoms with Gasteiger partial charge >= 0.3 is 5.97 Å². The van der Waals surface area contributed by atoms with Crippen LogP contribution < -0.4 is 0 Å². The minimum absolute atomic E-state index is 0.145. The maximum atomic E-state index is 12.1. The van der Waals surface area contributed by atoms with Crippen molar-refractivity contribution in [3.05, 3.63) is 47.3 Å². The van der Waals surface area contributed by atoms with Gasteiger partial charge in [-0.2, -0.15) is 0 Å². The molecular weight excluding hydrogens is 284 g/mol. The number of ether oxygens (including phenoxy) is 1. The molecule has 0 amide bonds. The van der Waals surface area contributed by atoms with Crippen LogP contribution in [-0.4, -0.2) is 18.9 Å². The SMILES string of the molecule is COC(=O)CCCCC(=O)c1ccc(-c2ccccc2)s1. The maximum absolute atomic E-state index is 12.1. The van der Waals surface area contributed by atoms with E-state index in [1.54, 1.807) is 0 Å². The molecule has 0 unspecified atom stereocenters. The Morgan fingerprint density at radius 2 is 1.71 bits per heavy atom. The quantitative estimate of drug-likeness (QED) is 0.434. The number of rotatable bonds is 7. The fourth-order valence-corrected chi connectivity index (χ4v) is 3.00. The van der Waals surface area contributed by atoms with Crippen molar-refractivity contribution in [3.8, 4) is 10.4 Å². The Hall–Kier alpha value is -1.94. The summed E-state index contributed by atoms with van der Waals surface area (Å²) >= 11 is 1.52. The van der Waals surface area contributed by atoms with Gasteiger partial charge in [0.2, 0.25) is 0 Å². The van der Waals surface area contributed by atoms with Gasteiger partial charge in [-0.05, 0) is 30.5 Å². The molecule has 0 radical (unpaired) electrons. The standard InChI is InChI=1S/C17H18O3S/c1-20-17(19)10-6-5-9-14(18)16-12-11-15(21-16)13-7-3-2-4-8-13/h2-4,7-8,11-12H,5-6,9-10H2,1H3. The third-order valence-corrected chi connectivity index (χ3v) is 4.38. The summed E-state index contributed by atoms with van der Waals surface area (Å²) in [5.41, 5.74) is 1.13. The van der Waals surface area contributed by atoms with Gasteiger partial charge in [0, 0.05) is 17.7 Å². The fourth-order valence-electron chi connectivity index (χ4n) is 2.03. The monoisotopic (exact) mass is 302 g/mol. The molecule has 110 valence electrons. The predicted octanol–water partition coefficient (Wildman–Crippen LogP) is 4.33. The Balaban J connectivity index is 1.86. The largest absolute Gasteiger partial charge is 0.469 e. The van der Waals surface area contributed by atoms with Crippen molar-refractivity contribution in [2.75, 3.05) is 7.11 Å². The van der Waals surface area contributed by atoms with Crippen LogP contribution in [0, 0.1) is 0 Å². The van der Waals surface area contributed by atoms with Crippen molar-refractivity contribution in [1.82, 2.24) is 0 Å². The summed E-state index contributed by atoms with van der Waals surface area (Å²) in [4.78, 5) is 25.0. The zero-order chi connectivity index (χ0) is 15.1. The van der Waals surface area contributed by atoms with Crippen molar-refractivity contribution in [2.24, 2.45) is 0 Å². The van der Waals surface area contributed by atoms with Crippen LogP contribution in [0.25, 0.3) is 10.4 Å². The molecule has 0 N–H and O–H groups in total. The van der Waals surface area contributed by atoms with Gasteiger partial charge in [0.15, 0.2) is 5.78 Å². The molecule has 1 aromatic carbocycles. The first-order valence-corrected chi connectivity index (χ1v) is 7.77. The highest BCUT2D eigenvalue weighted by Crippen LogP contribution is 2.28. The van der Waals surface area contributed by atoms with E-state index in [-0.39, 0.29) is 11.8 Å². The molecule has 0 spiro atoms. The molecule has 0 saturated heterocycles. The van der Waals surface area contributed by atoms with Gasteiger partial charge < -0.3 is 4.74 Å². The Labute approximate surface area is 128 Å². The Morgan fingerprint density at radius 3 is 2.43 bits per heavy atom. The first kappa shape index (κ1) is 15.4. The minimum atomic E-state index is -0.218. The zero-order valence-corrected chi connectivity index (χ0v) is 12.8. The van der Waals surface area contributed by atoms with Crippen molar-refractivity contribution in [2.45, 2.75) is 25.7 Å². The van der Waals surface area contributed by atoms with Gasteiger partial charge in [-0.1, -0.05) is 30.3 Å². The molecule has 2 rings (SSSR count). The van der Waals surface area contributed by atoms with Crippen molar-refractivity contribution in [3.63, 3.8) is 0 Å². The van der Waals surface area contributed by atoms with E-state index >= 15 is 0 Å². The number of Topliss-reactive ketones (excluding diaryl/α,β-unsaturated/α-hetero) is 1. The summed E-state index contributed by atoms with van der Waals surface area (Å²) in [6.07, 6.45) is 2.26. The number of ketones is 1. The second-order valence-electron chi connectivity index (χ2n) is 4.74. The van der Waals surface area contributed by atoms with E-state index < -0.39 is 0 Å². The predicted molar refractivity (Wildman–Crippen MR) is 84.6 cm³/mol. The molecule has 4 heteroatoms. The highest BCUT2D eigenvalue weighted by molar-refractivity contribution is 7.17. The number of methoxy groups -OCH3 is 1. The van der Waals surface area contributed by atoms with E-state index in [4.69, 9.17) is 0 Å². The Kier molecular flexibility index (Phi) is 5.69. The number of esters is 1. The highest BCUT2D eigenvalue weighted by atomic mass is 32.1. The molecule has 0 bridgehead atoms. The number of thiophene rings is 1. The summed E-state index contributed by atoms with van der Waals surface area (Å²) in [5.74, 6) is -0.0722. The van der Waals surface area contributed by atoms with Crippen LogP contribution in [0.3, 0.4) is 0 Å². The van der Waals surface area contributed by atoms with Gasteiger partial charge in [-0.15, -0.1) is 11.3 Å². The number of carbonyl (C=O) groups excluding carboxylic acids is 2. The second kappa shape index (κ2) is 7.74. The molecule has 21 heavy (non-hydrogen) atoms. The molecule has 1 aromatic heterocycles. The molecule has 0 aliphatic carbocycles. The van der Waals surface area contributed by atoms with Gasteiger partial charge in [-0.3, -0.25) is 9.59 Å². The van der Waals surface area contributed by atoms with Crippen LogP contribution in [-0.2, 0) is 9.53 Å².